The first-order valence-electron chi connectivity index (χ1n) is 6.00. The van der Waals surface area contributed by atoms with E-state index in [-0.39, 0.29) is 18.0 Å². The van der Waals surface area contributed by atoms with Crippen molar-refractivity contribution in [2.24, 2.45) is 5.92 Å². The average Bonchev–Trinajstić information content (AvgIpc) is 2.23. The Balaban J connectivity index is 3.85. The third kappa shape index (κ3) is 6.47. The van der Waals surface area contributed by atoms with Crippen molar-refractivity contribution in [1.82, 2.24) is 10.6 Å². The van der Waals surface area contributed by atoms with Gasteiger partial charge in [0.05, 0.1) is 12.6 Å². The van der Waals surface area contributed by atoms with E-state index < -0.39 is 0 Å². The molecule has 0 saturated carbocycles. The lowest BCUT2D eigenvalue weighted by atomic mass is 10.1. The van der Waals surface area contributed by atoms with Crippen LogP contribution < -0.4 is 10.6 Å². The lowest BCUT2D eigenvalue weighted by Crippen LogP contribution is -2.43. The molecular formula is C13H24N2O. The van der Waals surface area contributed by atoms with Gasteiger partial charge in [-0.3, -0.25) is 10.1 Å². The van der Waals surface area contributed by atoms with E-state index in [0.717, 1.165) is 12.8 Å². The normalized spacial score (nSPS) is 14.2. The molecular weight excluding hydrogens is 200 g/mol. The molecule has 0 aliphatic heterocycles. The van der Waals surface area contributed by atoms with E-state index in [1.165, 1.54) is 0 Å². The van der Waals surface area contributed by atoms with Crippen LogP contribution in [0.2, 0.25) is 0 Å². The van der Waals surface area contributed by atoms with Crippen LogP contribution in [0.5, 0.6) is 0 Å². The zero-order chi connectivity index (χ0) is 12.6. The van der Waals surface area contributed by atoms with Crippen molar-refractivity contribution < 1.29 is 4.79 Å². The summed E-state index contributed by atoms with van der Waals surface area (Å²) in [6.45, 7) is 8.55. The van der Waals surface area contributed by atoms with Crippen molar-refractivity contribution in [3.05, 3.63) is 0 Å². The lowest BCUT2D eigenvalue weighted by molar-refractivity contribution is -0.121. The molecule has 3 nitrogen and oxygen atoms in total. The van der Waals surface area contributed by atoms with Gasteiger partial charge in [-0.15, -0.1) is 6.42 Å². The van der Waals surface area contributed by atoms with Crippen molar-refractivity contribution in [1.29, 1.82) is 0 Å². The number of carbonyl (C=O) groups is 1. The van der Waals surface area contributed by atoms with Crippen LogP contribution in [0.1, 0.15) is 40.5 Å². The van der Waals surface area contributed by atoms with Gasteiger partial charge < -0.3 is 5.32 Å². The van der Waals surface area contributed by atoms with Crippen molar-refractivity contribution in [2.75, 3.05) is 6.54 Å². The molecule has 2 unspecified atom stereocenters. The Morgan fingerprint density at radius 3 is 2.44 bits per heavy atom. The predicted octanol–water partition coefficient (Wildman–Crippen LogP) is 1.54. The molecule has 2 atom stereocenters. The van der Waals surface area contributed by atoms with Gasteiger partial charge in [-0.25, -0.2) is 0 Å². The quantitative estimate of drug-likeness (QED) is 0.644. The first kappa shape index (κ1) is 15.0. The summed E-state index contributed by atoms with van der Waals surface area (Å²) in [7, 11) is 0. The lowest BCUT2D eigenvalue weighted by Gasteiger charge is -2.18. The summed E-state index contributed by atoms with van der Waals surface area (Å²) in [5.41, 5.74) is 0. The fourth-order valence-electron chi connectivity index (χ4n) is 1.22. The van der Waals surface area contributed by atoms with Crippen LogP contribution in [0.4, 0.5) is 0 Å². The molecule has 0 aliphatic carbocycles. The van der Waals surface area contributed by atoms with Gasteiger partial charge in [0, 0.05) is 6.04 Å². The molecule has 16 heavy (non-hydrogen) atoms. The summed E-state index contributed by atoms with van der Waals surface area (Å²) < 4.78 is 0. The van der Waals surface area contributed by atoms with E-state index in [1.54, 1.807) is 0 Å². The number of nitrogens with one attached hydrogen (secondary N) is 2. The molecule has 0 aliphatic rings. The van der Waals surface area contributed by atoms with E-state index in [4.69, 9.17) is 6.42 Å². The number of terminal acetylenes is 1. The van der Waals surface area contributed by atoms with Crippen molar-refractivity contribution in [2.45, 2.75) is 52.6 Å². The van der Waals surface area contributed by atoms with Gasteiger partial charge in [-0.1, -0.05) is 33.1 Å². The Morgan fingerprint density at radius 1 is 1.38 bits per heavy atom. The molecule has 0 radical (unpaired) electrons. The molecule has 0 saturated heterocycles. The molecule has 0 fully saturated rings. The molecule has 0 bridgehead atoms. The minimum atomic E-state index is 0.00473. The van der Waals surface area contributed by atoms with Gasteiger partial charge in [-0.05, 0) is 19.3 Å². The zero-order valence-corrected chi connectivity index (χ0v) is 10.8. The number of rotatable bonds is 7. The second-order valence-corrected chi connectivity index (χ2v) is 4.49. The minimum Gasteiger partial charge on any atom is -0.352 e. The molecule has 0 spiro atoms. The first-order chi connectivity index (χ1) is 7.51. The Bertz CT molecular complexity index is 243. The van der Waals surface area contributed by atoms with Crippen molar-refractivity contribution >= 4 is 5.91 Å². The average molecular weight is 224 g/mol. The number of carbonyl (C=O) groups excluding carboxylic acids is 1. The van der Waals surface area contributed by atoms with Gasteiger partial charge >= 0.3 is 0 Å². The zero-order valence-electron chi connectivity index (χ0n) is 10.8. The van der Waals surface area contributed by atoms with Crippen LogP contribution in [0, 0.1) is 18.3 Å². The Hall–Kier alpha value is -1.01. The Kier molecular flexibility index (Phi) is 7.66. The first-order valence-corrected chi connectivity index (χ1v) is 6.00. The van der Waals surface area contributed by atoms with Crippen LogP contribution >= 0.6 is 0 Å². The van der Waals surface area contributed by atoms with Gasteiger partial charge in [0.1, 0.15) is 0 Å². The molecule has 0 heterocycles. The fraction of sp³-hybridized carbons (Fsp3) is 0.769. The summed E-state index contributed by atoms with van der Waals surface area (Å²) in [6.07, 6.45) is 7.28. The van der Waals surface area contributed by atoms with E-state index in [9.17, 15) is 4.79 Å². The van der Waals surface area contributed by atoms with Gasteiger partial charge in [0.25, 0.3) is 0 Å². The van der Waals surface area contributed by atoms with E-state index in [0.29, 0.717) is 12.5 Å². The summed E-state index contributed by atoms with van der Waals surface area (Å²) in [5.74, 6) is 3.10. The highest BCUT2D eigenvalue weighted by Crippen LogP contribution is 1.99. The van der Waals surface area contributed by atoms with E-state index in [1.807, 2.05) is 6.92 Å². The van der Waals surface area contributed by atoms with Crippen LogP contribution in [0.15, 0.2) is 0 Å². The molecule has 0 aromatic heterocycles. The smallest absolute Gasteiger partial charge is 0.234 e. The van der Waals surface area contributed by atoms with Gasteiger partial charge in [0.15, 0.2) is 0 Å². The summed E-state index contributed by atoms with van der Waals surface area (Å²) in [4.78, 5) is 11.5. The number of hydrogen-bond donors (Lipinski definition) is 2. The molecule has 92 valence electrons. The topological polar surface area (TPSA) is 41.1 Å². The van der Waals surface area contributed by atoms with Crippen LogP contribution in [0.3, 0.4) is 0 Å². The highest BCUT2D eigenvalue weighted by Gasteiger charge is 2.11. The predicted molar refractivity (Wildman–Crippen MR) is 68.0 cm³/mol. The van der Waals surface area contributed by atoms with E-state index >= 15 is 0 Å². The Labute approximate surface area is 99.4 Å². The number of amides is 1. The second-order valence-electron chi connectivity index (χ2n) is 4.49. The molecule has 0 aromatic carbocycles. The van der Waals surface area contributed by atoms with Crippen molar-refractivity contribution in [3.63, 3.8) is 0 Å². The maximum Gasteiger partial charge on any atom is 0.234 e. The molecule has 0 rings (SSSR count). The largest absolute Gasteiger partial charge is 0.352 e. The van der Waals surface area contributed by atoms with Crippen molar-refractivity contribution in [3.8, 4) is 12.3 Å². The summed E-state index contributed by atoms with van der Waals surface area (Å²) in [6, 6.07) is 0.204. The highest BCUT2D eigenvalue weighted by atomic mass is 16.1. The van der Waals surface area contributed by atoms with Crippen LogP contribution in [0.25, 0.3) is 0 Å². The summed E-state index contributed by atoms with van der Waals surface area (Å²) in [5, 5.41) is 6.00. The van der Waals surface area contributed by atoms with Gasteiger partial charge in [0.2, 0.25) is 5.91 Å². The second kappa shape index (κ2) is 8.18. The molecule has 1 amide bonds. The Morgan fingerprint density at radius 2 is 2.00 bits per heavy atom. The maximum absolute atomic E-state index is 11.5. The maximum atomic E-state index is 11.5. The molecule has 0 aromatic rings. The SMILES string of the molecule is C#CC(CCC)NCC(=O)NC(C)C(C)C. The minimum absolute atomic E-state index is 0.00473. The van der Waals surface area contributed by atoms with Gasteiger partial charge in [-0.2, -0.15) is 0 Å². The van der Waals surface area contributed by atoms with Crippen LogP contribution in [-0.2, 0) is 4.79 Å². The molecule has 3 heteroatoms. The standard InChI is InChI=1S/C13H24N2O/c1-6-8-12(7-2)14-9-13(16)15-11(5)10(3)4/h2,10-12,14H,6,8-9H2,1,3-5H3,(H,15,16). The highest BCUT2D eigenvalue weighted by molar-refractivity contribution is 5.78. The fourth-order valence-corrected chi connectivity index (χ4v) is 1.22. The monoisotopic (exact) mass is 224 g/mol. The van der Waals surface area contributed by atoms with E-state index in [2.05, 4.69) is 37.3 Å². The third-order valence-corrected chi connectivity index (χ3v) is 2.68. The number of hydrogen-bond acceptors (Lipinski definition) is 2. The summed E-state index contributed by atoms with van der Waals surface area (Å²) >= 11 is 0. The van der Waals surface area contributed by atoms with Crippen LogP contribution in [-0.4, -0.2) is 24.5 Å². The third-order valence-electron chi connectivity index (χ3n) is 2.68. The molecule has 2 N–H and O–H groups in total.